The van der Waals surface area contributed by atoms with Gasteiger partial charge in [-0.1, -0.05) is 55.7 Å². The predicted molar refractivity (Wildman–Crippen MR) is 130 cm³/mol. The highest BCUT2D eigenvalue weighted by molar-refractivity contribution is 5.91. The number of carbonyl (C=O) groups excluding carboxylic acids is 1. The Labute approximate surface area is 202 Å². The number of carbonyl (C=O) groups is 1. The van der Waals surface area contributed by atoms with Crippen molar-refractivity contribution in [3.63, 3.8) is 0 Å². The van der Waals surface area contributed by atoms with Gasteiger partial charge >= 0.3 is 0 Å². The number of likely N-dealkylation sites (tertiary alicyclic amines) is 1. The standard InChI is InChI=1S/C28H35NO5/c1-32-25-13-11-23(12-14-25)24-17-26(28(31)29-15-5-3-2-4-6-16-29)34-27(18-24)33-20-22-9-7-21(19-30)8-10-22/h7-14,17,24,27,30H,2-6,15-16,18-20H2,1H3/t24-,27+/m1/s1. The van der Waals surface area contributed by atoms with E-state index in [1.165, 1.54) is 19.3 Å². The number of rotatable bonds is 7. The van der Waals surface area contributed by atoms with E-state index >= 15 is 0 Å². The Morgan fingerprint density at radius 2 is 1.62 bits per heavy atom. The Bertz CT molecular complexity index is 946. The largest absolute Gasteiger partial charge is 0.497 e. The molecular formula is C28H35NO5. The zero-order chi connectivity index (χ0) is 23.8. The summed E-state index contributed by atoms with van der Waals surface area (Å²) >= 11 is 0. The Morgan fingerprint density at radius 1 is 0.971 bits per heavy atom. The van der Waals surface area contributed by atoms with Crippen LogP contribution in [0.3, 0.4) is 0 Å². The van der Waals surface area contributed by atoms with Gasteiger partial charge in [0.1, 0.15) is 5.75 Å². The zero-order valence-electron chi connectivity index (χ0n) is 19.9. The highest BCUT2D eigenvalue weighted by Gasteiger charge is 2.31. The minimum absolute atomic E-state index is 0.00938. The van der Waals surface area contributed by atoms with Crippen molar-refractivity contribution in [3.05, 3.63) is 77.1 Å². The second kappa shape index (κ2) is 12.0. The SMILES string of the molecule is COc1ccc([C@@H]2C=C(C(=O)N3CCCCCCC3)O[C@H](OCc3ccc(CO)cc3)C2)cc1. The van der Waals surface area contributed by atoms with Crippen LogP contribution in [0.5, 0.6) is 5.75 Å². The number of allylic oxidation sites excluding steroid dienone is 1. The van der Waals surface area contributed by atoms with Gasteiger partial charge in [0.15, 0.2) is 5.76 Å². The molecule has 0 radical (unpaired) electrons. The number of amides is 1. The quantitative estimate of drug-likeness (QED) is 0.629. The number of nitrogens with zero attached hydrogens (tertiary/aromatic N) is 1. The summed E-state index contributed by atoms with van der Waals surface area (Å²) in [4.78, 5) is 15.4. The van der Waals surface area contributed by atoms with Crippen molar-refractivity contribution in [3.8, 4) is 5.75 Å². The maximum Gasteiger partial charge on any atom is 0.288 e. The summed E-state index contributed by atoms with van der Waals surface area (Å²) in [6.07, 6.45) is 7.70. The van der Waals surface area contributed by atoms with Crippen molar-refractivity contribution in [1.82, 2.24) is 4.90 Å². The lowest BCUT2D eigenvalue weighted by Crippen LogP contribution is -2.38. The van der Waals surface area contributed by atoms with Gasteiger partial charge in [0.25, 0.3) is 5.91 Å². The molecule has 2 aromatic carbocycles. The molecule has 0 bridgehead atoms. The van der Waals surface area contributed by atoms with E-state index in [1.54, 1.807) is 7.11 Å². The maximum atomic E-state index is 13.4. The number of hydrogen-bond acceptors (Lipinski definition) is 5. The van der Waals surface area contributed by atoms with Gasteiger partial charge in [0.2, 0.25) is 6.29 Å². The topological polar surface area (TPSA) is 68.2 Å². The molecule has 6 heteroatoms. The molecule has 1 fully saturated rings. The highest BCUT2D eigenvalue weighted by Crippen LogP contribution is 2.33. The van der Waals surface area contributed by atoms with Crippen LogP contribution in [-0.2, 0) is 27.5 Å². The van der Waals surface area contributed by atoms with E-state index in [1.807, 2.05) is 59.5 Å². The first-order valence-electron chi connectivity index (χ1n) is 12.3. The van der Waals surface area contributed by atoms with Gasteiger partial charge in [0.05, 0.1) is 20.3 Å². The molecule has 1 N–H and O–H groups in total. The van der Waals surface area contributed by atoms with Gasteiger partial charge in [-0.25, -0.2) is 0 Å². The smallest absolute Gasteiger partial charge is 0.288 e. The molecule has 4 rings (SSSR count). The lowest BCUT2D eigenvalue weighted by Gasteiger charge is -2.32. The fraction of sp³-hybridized carbons (Fsp3) is 0.464. The van der Waals surface area contributed by atoms with Gasteiger partial charge in [-0.05, 0) is 47.7 Å². The second-order valence-electron chi connectivity index (χ2n) is 9.04. The molecule has 2 aliphatic heterocycles. The van der Waals surface area contributed by atoms with Crippen LogP contribution in [0.1, 0.15) is 61.1 Å². The van der Waals surface area contributed by atoms with Crippen molar-refractivity contribution in [2.75, 3.05) is 20.2 Å². The molecule has 182 valence electrons. The molecular weight excluding hydrogens is 430 g/mol. The van der Waals surface area contributed by atoms with E-state index in [2.05, 4.69) is 0 Å². The first-order chi connectivity index (χ1) is 16.7. The summed E-state index contributed by atoms with van der Waals surface area (Å²) in [6.45, 7) is 1.94. The minimum atomic E-state index is -0.525. The number of aliphatic hydroxyl groups excluding tert-OH is 1. The van der Waals surface area contributed by atoms with Crippen LogP contribution >= 0.6 is 0 Å². The number of hydrogen-bond donors (Lipinski definition) is 1. The van der Waals surface area contributed by atoms with Gasteiger partial charge in [-0.15, -0.1) is 0 Å². The van der Waals surface area contributed by atoms with E-state index < -0.39 is 6.29 Å². The van der Waals surface area contributed by atoms with Crippen LogP contribution in [0.15, 0.2) is 60.4 Å². The monoisotopic (exact) mass is 465 g/mol. The first kappa shape index (κ1) is 24.3. The van der Waals surface area contributed by atoms with Crippen molar-refractivity contribution in [2.45, 2.75) is 63.9 Å². The number of methoxy groups -OCH3 is 1. The minimum Gasteiger partial charge on any atom is -0.497 e. The molecule has 34 heavy (non-hydrogen) atoms. The molecule has 0 spiro atoms. The van der Waals surface area contributed by atoms with Gasteiger partial charge in [-0.2, -0.15) is 0 Å². The lowest BCUT2D eigenvalue weighted by atomic mass is 9.92. The molecule has 2 aliphatic rings. The first-order valence-corrected chi connectivity index (χ1v) is 12.3. The summed E-state index contributed by atoms with van der Waals surface area (Å²) in [6, 6.07) is 15.6. The third-order valence-corrected chi connectivity index (χ3v) is 6.60. The van der Waals surface area contributed by atoms with Gasteiger partial charge < -0.3 is 24.2 Å². The van der Waals surface area contributed by atoms with Crippen molar-refractivity contribution in [2.24, 2.45) is 0 Å². The molecule has 0 aromatic heterocycles. The zero-order valence-corrected chi connectivity index (χ0v) is 19.9. The molecule has 0 saturated carbocycles. The summed E-state index contributed by atoms with van der Waals surface area (Å²) in [5, 5.41) is 9.25. The average Bonchev–Trinajstić information content (AvgIpc) is 2.87. The van der Waals surface area contributed by atoms with E-state index in [9.17, 15) is 9.90 Å². The molecule has 1 amide bonds. The van der Waals surface area contributed by atoms with Crippen molar-refractivity contribution < 1.29 is 24.1 Å². The number of aliphatic hydroxyl groups is 1. The molecule has 0 unspecified atom stereocenters. The molecule has 2 atom stereocenters. The third-order valence-electron chi connectivity index (χ3n) is 6.60. The second-order valence-corrected chi connectivity index (χ2v) is 9.04. The highest BCUT2D eigenvalue weighted by atomic mass is 16.7. The Morgan fingerprint density at radius 3 is 2.26 bits per heavy atom. The molecule has 1 saturated heterocycles. The van der Waals surface area contributed by atoms with Crippen LogP contribution in [0.25, 0.3) is 0 Å². The molecule has 0 aliphatic carbocycles. The fourth-order valence-electron chi connectivity index (χ4n) is 4.53. The molecule has 2 aromatic rings. The van der Waals surface area contributed by atoms with Crippen LogP contribution in [-0.4, -0.2) is 42.4 Å². The van der Waals surface area contributed by atoms with Crippen LogP contribution < -0.4 is 4.74 Å². The summed E-state index contributed by atoms with van der Waals surface area (Å²) in [7, 11) is 1.65. The van der Waals surface area contributed by atoms with Crippen molar-refractivity contribution in [1.29, 1.82) is 0 Å². The fourth-order valence-corrected chi connectivity index (χ4v) is 4.53. The van der Waals surface area contributed by atoms with Crippen LogP contribution in [0, 0.1) is 0 Å². The normalized spacial score (nSPS) is 21.1. The molecule has 2 heterocycles. The third kappa shape index (κ3) is 6.39. The molecule has 6 nitrogen and oxygen atoms in total. The van der Waals surface area contributed by atoms with Crippen LogP contribution in [0.4, 0.5) is 0 Å². The summed E-state index contributed by atoms with van der Waals surface area (Å²) in [5.74, 6) is 1.15. The Kier molecular flexibility index (Phi) is 8.61. The predicted octanol–water partition coefficient (Wildman–Crippen LogP) is 4.91. The van der Waals surface area contributed by atoms with Gasteiger partial charge in [-0.3, -0.25) is 4.79 Å². The van der Waals surface area contributed by atoms with E-state index in [4.69, 9.17) is 14.2 Å². The lowest BCUT2D eigenvalue weighted by molar-refractivity contribution is -0.156. The van der Waals surface area contributed by atoms with Gasteiger partial charge in [0, 0.05) is 25.4 Å². The Balaban J connectivity index is 1.50. The van der Waals surface area contributed by atoms with Crippen LogP contribution in [0.2, 0.25) is 0 Å². The Hall–Kier alpha value is -2.83. The number of ether oxygens (including phenoxy) is 3. The van der Waals surface area contributed by atoms with E-state index in [0.29, 0.717) is 18.8 Å². The summed E-state index contributed by atoms with van der Waals surface area (Å²) in [5.41, 5.74) is 2.96. The summed E-state index contributed by atoms with van der Waals surface area (Å²) < 4.78 is 17.6. The van der Waals surface area contributed by atoms with E-state index in [0.717, 1.165) is 48.4 Å². The number of benzene rings is 2. The maximum absolute atomic E-state index is 13.4. The van der Waals surface area contributed by atoms with E-state index in [-0.39, 0.29) is 18.4 Å². The van der Waals surface area contributed by atoms with Crippen molar-refractivity contribution >= 4 is 5.91 Å². The average molecular weight is 466 g/mol.